The lowest BCUT2D eigenvalue weighted by molar-refractivity contribution is 0.0451. The van der Waals surface area contributed by atoms with E-state index in [1.165, 1.54) is 17.8 Å². The number of benzene rings is 2. The van der Waals surface area contributed by atoms with Crippen molar-refractivity contribution in [1.29, 1.82) is 0 Å². The predicted octanol–water partition coefficient (Wildman–Crippen LogP) is 2.47. The number of para-hydroxylation sites is 1. The van der Waals surface area contributed by atoms with Crippen molar-refractivity contribution in [3.63, 3.8) is 0 Å². The predicted molar refractivity (Wildman–Crippen MR) is 92.0 cm³/mol. The van der Waals surface area contributed by atoms with Crippen LogP contribution in [0.15, 0.2) is 54.6 Å². The Labute approximate surface area is 141 Å². The largest absolute Gasteiger partial charge is 0.462 e. The Morgan fingerprint density at radius 2 is 1.71 bits per heavy atom. The van der Waals surface area contributed by atoms with E-state index in [9.17, 15) is 9.59 Å². The second kappa shape index (κ2) is 7.17. The highest BCUT2D eigenvalue weighted by Crippen LogP contribution is 2.23. The maximum absolute atomic E-state index is 12.1. The zero-order chi connectivity index (χ0) is 16.9. The summed E-state index contributed by atoms with van der Waals surface area (Å²) in [6.45, 7) is 2.26. The summed E-state index contributed by atoms with van der Waals surface area (Å²) in [6.07, 6.45) is 1.00. The summed E-state index contributed by atoms with van der Waals surface area (Å²) in [7, 11) is 0. The summed E-state index contributed by atoms with van der Waals surface area (Å²) in [6, 6.07) is 16.4. The van der Waals surface area contributed by atoms with Gasteiger partial charge in [0.1, 0.15) is 0 Å². The number of nitrogens with two attached hydrogens (primary N) is 1. The van der Waals surface area contributed by atoms with E-state index in [1.54, 1.807) is 12.1 Å². The molecule has 0 aromatic heterocycles. The second-order valence-corrected chi connectivity index (χ2v) is 5.98. The monoisotopic (exact) mass is 324 g/mol. The molecule has 2 N–H and O–H groups in total. The number of nitrogens with zero attached hydrogens (tertiary/aromatic N) is 1. The van der Waals surface area contributed by atoms with Crippen molar-refractivity contribution >= 4 is 17.6 Å². The van der Waals surface area contributed by atoms with Crippen molar-refractivity contribution < 1.29 is 14.3 Å². The normalized spacial score (nSPS) is 16.8. The van der Waals surface area contributed by atoms with Gasteiger partial charge >= 0.3 is 5.97 Å². The van der Waals surface area contributed by atoms with Crippen LogP contribution in [0, 0.1) is 5.92 Å². The molecule has 0 radical (unpaired) electrons. The van der Waals surface area contributed by atoms with Crippen molar-refractivity contribution in [2.75, 3.05) is 24.6 Å². The van der Waals surface area contributed by atoms with Crippen LogP contribution in [0.3, 0.4) is 0 Å². The Kier molecular flexibility index (Phi) is 4.79. The molecule has 0 spiro atoms. The molecule has 1 aliphatic rings. The van der Waals surface area contributed by atoms with Crippen LogP contribution in [0.1, 0.15) is 27.1 Å². The molecule has 1 aliphatic heterocycles. The van der Waals surface area contributed by atoms with Crippen LogP contribution in [0.2, 0.25) is 0 Å². The van der Waals surface area contributed by atoms with Crippen LogP contribution in [-0.4, -0.2) is 31.6 Å². The van der Waals surface area contributed by atoms with E-state index in [0.29, 0.717) is 23.7 Å². The zero-order valence-corrected chi connectivity index (χ0v) is 13.4. The summed E-state index contributed by atoms with van der Waals surface area (Å²) < 4.78 is 5.41. The fraction of sp³-hybridized carbons (Fsp3) is 0.263. The van der Waals surface area contributed by atoms with E-state index < -0.39 is 5.91 Å². The van der Waals surface area contributed by atoms with Crippen molar-refractivity contribution in [2.24, 2.45) is 11.7 Å². The number of carbonyl (C=O) groups is 2. The highest BCUT2D eigenvalue weighted by Gasteiger charge is 2.24. The van der Waals surface area contributed by atoms with Gasteiger partial charge in [0.15, 0.2) is 0 Å². The van der Waals surface area contributed by atoms with Crippen molar-refractivity contribution in [3.05, 3.63) is 65.7 Å². The average molecular weight is 324 g/mol. The fourth-order valence-electron chi connectivity index (χ4n) is 2.89. The van der Waals surface area contributed by atoms with Crippen LogP contribution in [-0.2, 0) is 4.74 Å². The molecular formula is C19H20N2O3. The van der Waals surface area contributed by atoms with E-state index in [1.807, 2.05) is 18.2 Å². The third kappa shape index (κ3) is 3.74. The first-order valence-electron chi connectivity index (χ1n) is 8.00. The highest BCUT2D eigenvalue weighted by atomic mass is 16.5. The smallest absolute Gasteiger partial charge is 0.338 e. The average Bonchev–Trinajstić information content (AvgIpc) is 3.09. The lowest BCUT2D eigenvalue weighted by Gasteiger charge is -2.18. The number of hydrogen-bond acceptors (Lipinski definition) is 4. The number of esters is 1. The lowest BCUT2D eigenvalue weighted by Crippen LogP contribution is -2.22. The van der Waals surface area contributed by atoms with Gasteiger partial charge in [0.25, 0.3) is 0 Å². The van der Waals surface area contributed by atoms with E-state index in [0.717, 1.165) is 19.5 Å². The zero-order valence-electron chi connectivity index (χ0n) is 13.4. The maximum Gasteiger partial charge on any atom is 0.338 e. The van der Waals surface area contributed by atoms with E-state index in [-0.39, 0.29) is 5.97 Å². The summed E-state index contributed by atoms with van der Waals surface area (Å²) in [5, 5.41) is 0. The van der Waals surface area contributed by atoms with Gasteiger partial charge in [-0.2, -0.15) is 0 Å². The Morgan fingerprint density at radius 1 is 1.04 bits per heavy atom. The molecule has 0 aliphatic carbocycles. The van der Waals surface area contributed by atoms with Gasteiger partial charge in [-0.05, 0) is 42.8 Å². The Bertz CT molecular complexity index is 713. The van der Waals surface area contributed by atoms with Crippen LogP contribution in [0.25, 0.3) is 0 Å². The standard InChI is InChI=1S/C19H20N2O3/c20-18(22)15-6-8-16(9-7-15)19(23)24-13-14-10-11-21(12-14)17-4-2-1-3-5-17/h1-9,14H,10-13H2,(H2,20,22)/t14-/m1/s1. The van der Waals surface area contributed by atoms with E-state index >= 15 is 0 Å². The summed E-state index contributed by atoms with van der Waals surface area (Å²) in [5.74, 6) is -0.551. The molecule has 2 aromatic carbocycles. The molecule has 1 fully saturated rings. The first-order chi connectivity index (χ1) is 11.6. The number of primary amides is 1. The van der Waals surface area contributed by atoms with Crippen LogP contribution in [0.4, 0.5) is 5.69 Å². The number of anilines is 1. The molecule has 2 aromatic rings. The van der Waals surface area contributed by atoms with Gasteiger partial charge in [-0.15, -0.1) is 0 Å². The summed E-state index contributed by atoms with van der Waals surface area (Å²) in [4.78, 5) is 25.4. The van der Waals surface area contributed by atoms with Gasteiger partial charge < -0.3 is 15.4 Å². The molecule has 3 rings (SSSR count). The minimum absolute atomic E-state index is 0.332. The van der Waals surface area contributed by atoms with Crippen molar-refractivity contribution in [1.82, 2.24) is 0 Å². The van der Waals surface area contributed by atoms with Gasteiger partial charge in [-0.1, -0.05) is 18.2 Å². The third-order valence-corrected chi connectivity index (χ3v) is 4.26. The quantitative estimate of drug-likeness (QED) is 0.858. The minimum Gasteiger partial charge on any atom is -0.462 e. The van der Waals surface area contributed by atoms with Gasteiger partial charge in [-0.25, -0.2) is 4.79 Å². The SMILES string of the molecule is NC(=O)c1ccc(C(=O)OC[C@@H]2CCN(c3ccccc3)C2)cc1. The molecule has 0 bridgehead atoms. The van der Waals surface area contributed by atoms with Gasteiger partial charge in [-0.3, -0.25) is 4.79 Å². The number of amides is 1. The minimum atomic E-state index is -0.512. The topological polar surface area (TPSA) is 72.6 Å². The summed E-state index contributed by atoms with van der Waals surface area (Å²) >= 11 is 0. The molecule has 1 saturated heterocycles. The number of rotatable bonds is 5. The number of carbonyl (C=O) groups excluding carboxylic acids is 2. The molecular weight excluding hydrogens is 304 g/mol. The summed E-state index contributed by atoms with van der Waals surface area (Å²) in [5.41, 5.74) is 7.19. The third-order valence-electron chi connectivity index (χ3n) is 4.26. The maximum atomic E-state index is 12.1. The van der Waals surface area contributed by atoms with Gasteiger partial charge in [0.2, 0.25) is 5.91 Å². The van der Waals surface area contributed by atoms with Crippen LogP contribution >= 0.6 is 0 Å². The molecule has 5 heteroatoms. The van der Waals surface area contributed by atoms with Crippen molar-refractivity contribution in [2.45, 2.75) is 6.42 Å². The molecule has 24 heavy (non-hydrogen) atoms. The van der Waals surface area contributed by atoms with E-state index in [2.05, 4.69) is 17.0 Å². The fourth-order valence-corrected chi connectivity index (χ4v) is 2.89. The molecule has 124 valence electrons. The van der Waals surface area contributed by atoms with Crippen LogP contribution in [0.5, 0.6) is 0 Å². The second-order valence-electron chi connectivity index (χ2n) is 5.98. The van der Waals surface area contributed by atoms with Gasteiger partial charge in [0.05, 0.1) is 12.2 Å². The molecule has 1 atom stereocenters. The molecule has 0 saturated carbocycles. The van der Waals surface area contributed by atoms with Crippen molar-refractivity contribution in [3.8, 4) is 0 Å². The molecule has 1 heterocycles. The Morgan fingerprint density at radius 3 is 2.38 bits per heavy atom. The first kappa shape index (κ1) is 16.1. The number of ether oxygens (including phenoxy) is 1. The lowest BCUT2D eigenvalue weighted by atomic mass is 10.1. The Balaban J connectivity index is 1.51. The Hall–Kier alpha value is -2.82. The van der Waals surface area contributed by atoms with Crippen LogP contribution < -0.4 is 10.6 Å². The first-order valence-corrected chi connectivity index (χ1v) is 8.00. The molecule has 1 amide bonds. The molecule has 0 unspecified atom stereocenters. The van der Waals surface area contributed by atoms with Gasteiger partial charge in [0, 0.05) is 30.3 Å². The highest BCUT2D eigenvalue weighted by molar-refractivity contribution is 5.95. The number of hydrogen-bond donors (Lipinski definition) is 1. The van der Waals surface area contributed by atoms with E-state index in [4.69, 9.17) is 10.5 Å². The molecule has 5 nitrogen and oxygen atoms in total.